The van der Waals surface area contributed by atoms with Crippen LogP contribution in [0, 0.1) is 28.6 Å². The van der Waals surface area contributed by atoms with E-state index in [9.17, 15) is 9.90 Å². The molecule has 2 heteroatoms. The third kappa shape index (κ3) is 2.00. The maximum atomic E-state index is 11.9. The van der Waals surface area contributed by atoms with Crippen LogP contribution in [0.15, 0.2) is 23.3 Å². The van der Waals surface area contributed by atoms with Crippen LogP contribution in [0.2, 0.25) is 0 Å². The van der Waals surface area contributed by atoms with E-state index in [1.807, 2.05) is 6.08 Å². The fourth-order valence-corrected chi connectivity index (χ4v) is 6.94. The summed E-state index contributed by atoms with van der Waals surface area (Å²) in [6, 6.07) is 0. The lowest BCUT2D eigenvalue weighted by atomic mass is 9.47. The summed E-state index contributed by atoms with van der Waals surface area (Å²) in [5.41, 5.74) is 3.17. The number of hydrogen-bond acceptors (Lipinski definition) is 2. The summed E-state index contributed by atoms with van der Waals surface area (Å²) in [4.78, 5) is 11.9. The SMILES string of the molecule is C/C=C1\C(O)CC2C3CCC4=CC(=O)CC[C@]4(C)C3CC[C@]12C. The van der Waals surface area contributed by atoms with Crippen LogP contribution in [0.1, 0.15) is 65.7 Å². The van der Waals surface area contributed by atoms with E-state index in [0.29, 0.717) is 17.6 Å². The molecule has 0 aromatic rings. The summed E-state index contributed by atoms with van der Waals surface area (Å²) in [5.74, 6) is 2.39. The minimum Gasteiger partial charge on any atom is -0.389 e. The zero-order valence-electron chi connectivity index (χ0n) is 14.8. The number of rotatable bonds is 0. The van der Waals surface area contributed by atoms with Gasteiger partial charge in [-0.25, -0.2) is 0 Å². The molecule has 126 valence electrons. The average molecular weight is 314 g/mol. The van der Waals surface area contributed by atoms with Gasteiger partial charge in [0.1, 0.15) is 0 Å². The van der Waals surface area contributed by atoms with Crippen LogP contribution in [-0.2, 0) is 4.79 Å². The van der Waals surface area contributed by atoms with Crippen molar-refractivity contribution < 1.29 is 9.90 Å². The Hall–Kier alpha value is -0.890. The van der Waals surface area contributed by atoms with Crippen molar-refractivity contribution in [2.45, 2.75) is 71.8 Å². The Morgan fingerprint density at radius 1 is 1.13 bits per heavy atom. The van der Waals surface area contributed by atoms with Gasteiger partial charge in [0.2, 0.25) is 0 Å². The van der Waals surface area contributed by atoms with E-state index in [1.54, 1.807) is 0 Å². The van der Waals surface area contributed by atoms with Crippen LogP contribution in [-0.4, -0.2) is 17.0 Å². The Balaban J connectivity index is 1.71. The molecule has 6 atom stereocenters. The van der Waals surface area contributed by atoms with E-state index < -0.39 is 0 Å². The molecule has 23 heavy (non-hydrogen) atoms. The van der Waals surface area contributed by atoms with E-state index in [1.165, 1.54) is 30.4 Å². The molecule has 3 fully saturated rings. The third-order valence-corrected chi connectivity index (χ3v) is 8.16. The van der Waals surface area contributed by atoms with Gasteiger partial charge in [-0.05, 0) is 85.7 Å². The lowest BCUT2D eigenvalue weighted by Crippen LogP contribution is -2.49. The summed E-state index contributed by atoms with van der Waals surface area (Å²) in [6.45, 7) is 6.91. The number of fused-ring (bicyclic) bond motifs is 5. The monoisotopic (exact) mass is 314 g/mol. The fourth-order valence-electron chi connectivity index (χ4n) is 6.94. The number of aliphatic hydroxyl groups is 1. The molecule has 0 saturated heterocycles. The van der Waals surface area contributed by atoms with Gasteiger partial charge in [0.25, 0.3) is 0 Å². The molecule has 4 aliphatic carbocycles. The van der Waals surface area contributed by atoms with E-state index in [2.05, 4.69) is 26.8 Å². The molecule has 2 nitrogen and oxygen atoms in total. The molecule has 3 saturated carbocycles. The number of carbonyl (C=O) groups excluding carboxylic acids is 1. The highest BCUT2D eigenvalue weighted by Crippen LogP contribution is 2.66. The molecule has 0 aromatic carbocycles. The van der Waals surface area contributed by atoms with Gasteiger partial charge in [0, 0.05) is 6.42 Å². The second-order valence-corrected chi connectivity index (χ2v) is 8.92. The number of allylic oxidation sites excluding steroid dienone is 2. The van der Waals surface area contributed by atoms with Gasteiger partial charge < -0.3 is 5.11 Å². The zero-order valence-corrected chi connectivity index (χ0v) is 14.8. The summed E-state index contributed by atoms with van der Waals surface area (Å²) < 4.78 is 0. The van der Waals surface area contributed by atoms with Gasteiger partial charge in [-0.3, -0.25) is 4.79 Å². The Morgan fingerprint density at radius 3 is 2.65 bits per heavy atom. The van der Waals surface area contributed by atoms with Gasteiger partial charge in [-0.2, -0.15) is 0 Å². The first-order valence-electron chi connectivity index (χ1n) is 9.49. The fraction of sp³-hybridized carbons (Fsp3) is 0.762. The highest BCUT2D eigenvalue weighted by atomic mass is 16.3. The molecular weight excluding hydrogens is 284 g/mol. The second-order valence-electron chi connectivity index (χ2n) is 8.92. The van der Waals surface area contributed by atoms with E-state index in [0.717, 1.165) is 31.6 Å². The summed E-state index contributed by atoms with van der Waals surface area (Å²) in [5, 5.41) is 10.6. The van der Waals surface area contributed by atoms with Crippen molar-refractivity contribution in [2.24, 2.45) is 28.6 Å². The van der Waals surface area contributed by atoms with Crippen molar-refractivity contribution in [3.05, 3.63) is 23.3 Å². The third-order valence-electron chi connectivity index (χ3n) is 8.16. The Bertz CT molecular complexity index is 601. The van der Waals surface area contributed by atoms with Crippen LogP contribution >= 0.6 is 0 Å². The number of aliphatic hydroxyl groups excluding tert-OH is 1. The minimum absolute atomic E-state index is 0.206. The quantitative estimate of drug-likeness (QED) is 0.671. The normalized spacial score (nSPS) is 51.0. The number of carbonyl (C=O) groups is 1. The molecule has 4 unspecified atom stereocenters. The summed E-state index contributed by atoms with van der Waals surface area (Å²) >= 11 is 0. The number of hydrogen-bond donors (Lipinski definition) is 1. The Kier molecular flexibility index (Phi) is 3.43. The van der Waals surface area contributed by atoms with Crippen molar-refractivity contribution >= 4 is 5.78 Å². The topological polar surface area (TPSA) is 37.3 Å². The summed E-state index contributed by atoms with van der Waals surface area (Å²) in [7, 11) is 0. The molecular formula is C21H30O2. The molecule has 0 aliphatic heterocycles. The maximum absolute atomic E-state index is 11.9. The molecule has 0 bridgehead atoms. The maximum Gasteiger partial charge on any atom is 0.155 e. The van der Waals surface area contributed by atoms with Crippen LogP contribution in [0.5, 0.6) is 0 Å². The average Bonchev–Trinajstić information content (AvgIpc) is 2.77. The van der Waals surface area contributed by atoms with Crippen molar-refractivity contribution in [2.75, 3.05) is 0 Å². The molecule has 0 heterocycles. The van der Waals surface area contributed by atoms with Crippen LogP contribution in [0.3, 0.4) is 0 Å². The van der Waals surface area contributed by atoms with Gasteiger partial charge in [0.15, 0.2) is 5.78 Å². The minimum atomic E-state index is -0.230. The lowest BCUT2D eigenvalue weighted by molar-refractivity contribution is -0.117. The van der Waals surface area contributed by atoms with E-state index >= 15 is 0 Å². The van der Waals surface area contributed by atoms with Gasteiger partial charge >= 0.3 is 0 Å². The van der Waals surface area contributed by atoms with Crippen molar-refractivity contribution in [1.29, 1.82) is 0 Å². The first kappa shape index (κ1) is 15.6. The first-order chi connectivity index (χ1) is 10.9. The molecule has 0 aromatic heterocycles. The standard InChI is InChI=1S/C21H30O2/c1-4-16-19(23)12-18-15-6-5-13-11-14(22)7-9-20(13,2)17(15)8-10-21(16,18)3/h4,11,15,17-19,23H,5-10,12H2,1-3H3/b16-4+/t15?,17?,18?,19?,20-,21+/m0/s1. The lowest BCUT2D eigenvalue weighted by Gasteiger charge is -2.57. The number of ketones is 1. The second kappa shape index (κ2) is 5.05. The van der Waals surface area contributed by atoms with E-state index in [4.69, 9.17) is 0 Å². The highest BCUT2D eigenvalue weighted by Gasteiger charge is 2.59. The Labute approximate surface area is 140 Å². The molecule has 0 radical (unpaired) electrons. The van der Waals surface area contributed by atoms with E-state index in [-0.39, 0.29) is 16.9 Å². The van der Waals surface area contributed by atoms with Gasteiger partial charge in [-0.15, -0.1) is 0 Å². The summed E-state index contributed by atoms with van der Waals surface area (Å²) in [6.07, 6.45) is 11.4. The van der Waals surface area contributed by atoms with Crippen LogP contribution in [0.4, 0.5) is 0 Å². The highest BCUT2D eigenvalue weighted by molar-refractivity contribution is 5.91. The first-order valence-corrected chi connectivity index (χ1v) is 9.49. The zero-order chi connectivity index (χ0) is 16.4. The molecule has 1 N–H and O–H groups in total. The van der Waals surface area contributed by atoms with Crippen molar-refractivity contribution in [3.8, 4) is 0 Å². The van der Waals surface area contributed by atoms with Crippen molar-refractivity contribution in [3.63, 3.8) is 0 Å². The molecule has 0 spiro atoms. The van der Waals surface area contributed by atoms with Crippen molar-refractivity contribution in [1.82, 2.24) is 0 Å². The molecule has 4 rings (SSSR count). The molecule has 0 amide bonds. The molecule has 4 aliphatic rings. The Morgan fingerprint density at radius 2 is 1.91 bits per heavy atom. The van der Waals surface area contributed by atoms with Crippen LogP contribution in [0.25, 0.3) is 0 Å². The smallest absolute Gasteiger partial charge is 0.155 e. The van der Waals surface area contributed by atoms with Crippen LogP contribution < -0.4 is 0 Å². The predicted molar refractivity (Wildman–Crippen MR) is 91.9 cm³/mol. The van der Waals surface area contributed by atoms with Gasteiger partial charge in [0.05, 0.1) is 6.10 Å². The predicted octanol–water partition coefficient (Wildman–Crippen LogP) is 4.44. The van der Waals surface area contributed by atoms with Gasteiger partial charge in [-0.1, -0.05) is 25.5 Å². The largest absolute Gasteiger partial charge is 0.389 e.